The van der Waals surface area contributed by atoms with Crippen molar-refractivity contribution in [3.05, 3.63) is 59.7 Å². The summed E-state index contributed by atoms with van der Waals surface area (Å²) < 4.78 is 11.1. The molecule has 0 spiro atoms. The van der Waals surface area contributed by atoms with Crippen LogP contribution in [0.5, 0.6) is 11.5 Å². The van der Waals surface area contributed by atoms with E-state index in [1.165, 1.54) is 5.56 Å². The minimum atomic E-state index is 0. The standard InChI is InChI=1S/C23H34N4O2.HI/c1-5-27(6-2)14-15-29-21-12-10-19(11-13-21)17-25-23(24-3)26-18-20-8-7-9-22(16-20)28-4;/h7-13,16H,5-6,14-15,17-18H2,1-4H3,(H2,24,25,26);1H. The minimum absolute atomic E-state index is 0. The van der Waals surface area contributed by atoms with Gasteiger partial charge in [0, 0.05) is 26.7 Å². The highest BCUT2D eigenvalue weighted by Gasteiger charge is 2.02. The van der Waals surface area contributed by atoms with E-state index in [2.05, 4.69) is 52.6 Å². The fourth-order valence-corrected chi connectivity index (χ4v) is 2.91. The van der Waals surface area contributed by atoms with Crippen LogP contribution < -0.4 is 20.1 Å². The number of nitrogens with one attached hydrogen (secondary N) is 2. The average molecular weight is 526 g/mol. The van der Waals surface area contributed by atoms with Crippen LogP contribution in [-0.2, 0) is 13.1 Å². The SMILES string of the molecule is CCN(CC)CCOc1ccc(CNC(=NC)NCc2cccc(OC)c2)cc1.I. The molecular formula is C23H35IN4O2. The normalized spacial score (nSPS) is 11.0. The highest BCUT2D eigenvalue weighted by Crippen LogP contribution is 2.13. The zero-order chi connectivity index (χ0) is 20.9. The Morgan fingerprint density at radius 3 is 2.20 bits per heavy atom. The predicted octanol–water partition coefficient (Wildman–Crippen LogP) is 3.90. The number of likely N-dealkylation sites (N-methyl/N-ethyl adjacent to an activating group) is 1. The van der Waals surface area contributed by atoms with Gasteiger partial charge in [0.15, 0.2) is 5.96 Å². The van der Waals surface area contributed by atoms with Crippen LogP contribution in [-0.4, -0.2) is 51.3 Å². The number of hydrogen-bond acceptors (Lipinski definition) is 4. The summed E-state index contributed by atoms with van der Waals surface area (Å²) in [7, 11) is 3.45. The molecule has 6 nitrogen and oxygen atoms in total. The molecule has 0 aliphatic rings. The Morgan fingerprint density at radius 2 is 1.60 bits per heavy atom. The molecule has 0 amide bonds. The van der Waals surface area contributed by atoms with Gasteiger partial charge in [-0.1, -0.05) is 38.1 Å². The van der Waals surface area contributed by atoms with Crippen molar-refractivity contribution in [2.24, 2.45) is 4.99 Å². The summed E-state index contributed by atoms with van der Waals surface area (Å²) in [6, 6.07) is 16.2. The van der Waals surface area contributed by atoms with Crippen LogP contribution in [0.1, 0.15) is 25.0 Å². The van der Waals surface area contributed by atoms with Gasteiger partial charge in [-0.2, -0.15) is 0 Å². The molecule has 2 aromatic carbocycles. The van der Waals surface area contributed by atoms with E-state index in [4.69, 9.17) is 9.47 Å². The summed E-state index contributed by atoms with van der Waals surface area (Å²) in [5, 5.41) is 6.66. The third kappa shape index (κ3) is 9.21. The van der Waals surface area contributed by atoms with E-state index in [-0.39, 0.29) is 24.0 Å². The molecule has 166 valence electrons. The quantitative estimate of drug-likeness (QED) is 0.264. The molecule has 0 saturated heterocycles. The lowest BCUT2D eigenvalue weighted by Gasteiger charge is -2.18. The smallest absolute Gasteiger partial charge is 0.191 e. The van der Waals surface area contributed by atoms with Crippen molar-refractivity contribution in [1.29, 1.82) is 0 Å². The van der Waals surface area contributed by atoms with E-state index in [9.17, 15) is 0 Å². The van der Waals surface area contributed by atoms with Crippen molar-refractivity contribution in [1.82, 2.24) is 15.5 Å². The number of benzene rings is 2. The molecule has 0 aliphatic heterocycles. The van der Waals surface area contributed by atoms with Crippen LogP contribution in [0.4, 0.5) is 0 Å². The first-order valence-corrected chi connectivity index (χ1v) is 10.2. The second-order valence-corrected chi connectivity index (χ2v) is 6.65. The lowest BCUT2D eigenvalue weighted by molar-refractivity contribution is 0.223. The third-order valence-electron chi connectivity index (χ3n) is 4.77. The van der Waals surface area contributed by atoms with Gasteiger partial charge in [-0.25, -0.2) is 0 Å². The average Bonchev–Trinajstić information content (AvgIpc) is 2.78. The highest BCUT2D eigenvalue weighted by atomic mass is 127. The van der Waals surface area contributed by atoms with Gasteiger partial charge in [-0.05, 0) is 48.5 Å². The molecule has 0 atom stereocenters. The summed E-state index contributed by atoms with van der Waals surface area (Å²) in [6.07, 6.45) is 0. The number of nitrogens with zero attached hydrogens (tertiary/aromatic N) is 2. The molecule has 0 unspecified atom stereocenters. The molecule has 7 heteroatoms. The maximum Gasteiger partial charge on any atom is 0.191 e. The van der Waals surface area contributed by atoms with Crippen LogP contribution >= 0.6 is 24.0 Å². The van der Waals surface area contributed by atoms with Crippen molar-refractivity contribution in [3.8, 4) is 11.5 Å². The molecule has 2 N–H and O–H groups in total. The molecule has 30 heavy (non-hydrogen) atoms. The molecule has 0 saturated carbocycles. The lowest BCUT2D eigenvalue weighted by Crippen LogP contribution is -2.36. The van der Waals surface area contributed by atoms with Gasteiger partial charge in [0.25, 0.3) is 0 Å². The molecule has 0 aromatic heterocycles. The van der Waals surface area contributed by atoms with E-state index in [1.54, 1.807) is 14.2 Å². The van der Waals surface area contributed by atoms with Gasteiger partial charge in [-0.15, -0.1) is 24.0 Å². The van der Waals surface area contributed by atoms with E-state index in [1.807, 2.05) is 30.3 Å². The summed E-state index contributed by atoms with van der Waals surface area (Å²) in [5.41, 5.74) is 2.31. The maximum atomic E-state index is 5.84. The molecule has 0 radical (unpaired) electrons. The van der Waals surface area contributed by atoms with Crippen LogP contribution in [0.25, 0.3) is 0 Å². The number of halogens is 1. The largest absolute Gasteiger partial charge is 0.497 e. The van der Waals surface area contributed by atoms with Crippen molar-refractivity contribution in [2.75, 3.05) is 40.4 Å². The predicted molar refractivity (Wildman–Crippen MR) is 135 cm³/mol. The first kappa shape index (κ1) is 26.0. The van der Waals surface area contributed by atoms with E-state index in [0.717, 1.165) is 42.7 Å². The second-order valence-electron chi connectivity index (χ2n) is 6.65. The minimum Gasteiger partial charge on any atom is -0.497 e. The van der Waals surface area contributed by atoms with Crippen LogP contribution in [0.2, 0.25) is 0 Å². The molecule has 2 aromatic rings. The Bertz CT molecular complexity index is 749. The maximum absolute atomic E-state index is 5.84. The van der Waals surface area contributed by atoms with Crippen molar-refractivity contribution in [2.45, 2.75) is 26.9 Å². The molecule has 0 heterocycles. The van der Waals surface area contributed by atoms with Crippen LogP contribution in [0, 0.1) is 0 Å². The van der Waals surface area contributed by atoms with E-state index >= 15 is 0 Å². The van der Waals surface area contributed by atoms with Gasteiger partial charge in [-0.3, -0.25) is 4.99 Å². The van der Waals surface area contributed by atoms with E-state index in [0.29, 0.717) is 19.7 Å². The number of aliphatic imine (C=N–C) groups is 1. The Hall–Kier alpha value is -2.00. The third-order valence-corrected chi connectivity index (χ3v) is 4.77. The van der Waals surface area contributed by atoms with Crippen molar-refractivity contribution in [3.63, 3.8) is 0 Å². The Balaban J connectivity index is 0.00000450. The molecule has 0 fully saturated rings. The van der Waals surface area contributed by atoms with Gasteiger partial charge in [0.2, 0.25) is 0 Å². The fraction of sp³-hybridized carbons (Fsp3) is 0.435. The number of rotatable bonds is 11. The second kappa shape index (κ2) is 14.9. The summed E-state index contributed by atoms with van der Waals surface area (Å²) in [5.74, 6) is 2.51. The number of guanidine groups is 1. The molecule has 0 aliphatic carbocycles. The van der Waals surface area contributed by atoms with Gasteiger partial charge in [0.05, 0.1) is 7.11 Å². The first-order valence-electron chi connectivity index (χ1n) is 10.2. The lowest BCUT2D eigenvalue weighted by atomic mass is 10.2. The molecular weight excluding hydrogens is 491 g/mol. The summed E-state index contributed by atoms with van der Waals surface area (Å²) >= 11 is 0. The van der Waals surface area contributed by atoms with Crippen LogP contribution in [0.3, 0.4) is 0 Å². The monoisotopic (exact) mass is 526 g/mol. The van der Waals surface area contributed by atoms with Gasteiger partial charge in [0.1, 0.15) is 18.1 Å². The van der Waals surface area contributed by atoms with Gasteiger partial charge < -0.3 is 25.0 Å². The fourth-order valence-electron chi connectivity index (χ4n) is 2.91. The Labute approximate surface area is 198 Å². The highest BCUT2D eigenvalue weighted by molar-refractivity contribution is 14.0. The topological polar surface area (TPSA) is 58.1 Å². The first-order chi connectivity index (χ1) is 14.2. The Morgan fingerprint density at radius 1 is 0.933 bits per heavy atom. The van der Waals surface area contributed by atoms with E-state index < -0.39 is 0 Å². The molecule has 0 bridgehead atoms. The van der Waals surface area contributed by atoms with Crippen LogP contribution in [0.15, 0.2) is 53.5 Å². The number of hydrogen-bond donors (Lipinski definition) is 2. The van der Waals surface area contributed by atoms with Crippen molar-refractivity contribution < 1.29 is 9.47 Å². The number of methoxy groups -OCH3 is 1. The number of ether oxygens (including phenoxy) is 2. The summed E-state index contributed by atoms with van der Waals surface area (Å²) in [6.45, 7) is 9.48. The van der Waals surface area contributed by atoms with Gasteiger partial charge >= 0.3 is 0 Å². The molecule has 2 rings (SSSR count). The zero-order valence-electron chi connectivity index (χ0n) is 18.5. The Kier molecular flexibility index (Phi) is 12.9. The van der Waals surface area contributed by atoms with Crippen molar-refractivity contribution >= 4 is 29.9 Å². The summed E-state index contributed by atoms with van der Waals surface area (Å²) in [4.78, 5) is 6.63. The zero-order valence-corrected chi connectivity index (χ0v) is 20.8.